The zero-order chi connectivity index (χ0) is 19.4. The predicted molar refractivity (Wildman–Crippen MR) is 105 cm³/mol. The van der Waals surface area contributed by atoms with E-state index in [4.69, 9.17) is 0 Å². The minimum absolute atomic E-state index is 0.0229. The minimum Gasteiger partial charge on any atom is -0.352 e. The van der Waals surface area contributed by atoms with Crippen molar-refractivity contribution in [3.8, 4) is 11.3 Å². The van der Waals surface area contributed by atoms with Crippen LogP contribution in [0.2, 0.25) is 0 Å². The summed E-state index contributed by atoms with van der Waals surface area (Å²) in [5.74, 6) is -0.472. The van der Waals surface area contributed by atoms with Crippen molar-refractivity contribution in [2.45, 2.75) is 52.0 Å². The standard InChI is InChI=1S/C21H28N4O2/c1-14-9-10-16(11-15(14)2)19-12-18(24-25(19)3)21(27)22-13-20(26)23-17-7-5-4-6-8-17/h9-12,17H,4-8,13H2,1-3H3,(H,22,27)(H,23,26). The lowest BCUT2D eigenvalue weighted by Gasteiger charge is -2.22. The number of nitrogens with zero attached hydrogens (tertiary/aromatic N) is 2. The Morgan fingerprint density at radius 3 is 2.56 bits per heavy atom. The van der Waals surface area contributed by atoms with Crippen LogP contribution in [0.5, 0.6) is 0 Å². The Kier molecular flexibility index (Phi) is 5.94. The lowest BCUT2D eigenvalue weighted by molar-refractivity contribution is -0.121. The molecule has 1 aliphatic carbocycles. The van der Waals surface area contributed by atoms with Gasteiger partial charge in [0.15, 0.2) is 5.69 Å². The van der Waals surface area contributed by atoms with Crippen LogP contribution in [-0.4, -0.2) is 34.2 Å². The van der Waals surface area contributed by atoms with Gasteiger partial charge in [0.05, 0.1) is 12.2 Å². The molecule has 0 atom stereocenters. The second kappa shape index (κ2) is 8.37. The van der Waals surface area contributed by atoms with Gasteiger partial charge in [-0.3, -0.25) is 14.3 Å². The van der Waals surface area contributed by atoms with Gasteiger partial charge in [-0.15, -0.1) is 0 Å². The minimum atomic E-state index is -0.334. The zero-order valence-corrected chi connectivity index (χ0v) is 16.3. The Hall–Kier alpha value is -2.63. The molecule has 1 heterocycles. The van der Waals surface area contributed by atoms with Crippen molar-refractivity contribution in [3.63, 3.8) is 0 Å². The van der Waals surface area contributed by atoms with Crippen LogP contribution < -0.4 is 10.6 Å². The first-order chi connectivity index (χ1) is 12.9. The smallest absolute Gasteiger partial charge is 0.272 e. The second-order valence-electron chi connectivity index (χ2n) is 7.42. The number of carbonyl (C=O) groups excluding carboxylic acids is 2. The highest BCUT2D eigenvalue weighted by molar-refractivity contribution is 5.95. The summed E-state index contributed by atoms with van der Waals surface area (Å²) in [6.07, 6.45) is 5.61. The largest absolute Gasteiger partial charge is 0.352 e. The molecule has 0 spiro atoms. The SMILES string of the molecule is Cc1ccc(-c2cc(C(=O)NCC(=O)NC3CCCCC3)nn2C)cc1C. The van der Waals surface area contributed by atoms with Gasteiger partial charge in [0.2, 0.25) is 5.91 Å². The van der Waals surface area contributed by atoms with Gasteiger partial charge in [-0.25, -0.2) is 0 Å². The van der Waals surface area contributed by atoms with Crippen molar-refractivity contribution in [1.29, 1.82) is 0 Å². The maximum Gasteiger partial charge on any atom is 0.272 e. The fraction of sp³-hybridized carbons (Fsp3) is 0.476. The van der Waals surface area contributed by atoms with E-state index in [2.05, 4.69) is 41.7 Å². The molecule has 1 aromatic carbocycles. The molecule has 1 fully saturated rings. The molecule has 2 aromatic rings. The van der Waals surface area contributed by atoms with E-state index < -0.39 is 0 Å². The normalized spacial score (nSPS) is 14.8. The highest BCUT2D eigenvalue weighted by Crippen LogP contribution is 2.22. The Morgan fingerprint density at radius 1 is 1.11 bits per heavy atom. The van der Waals surface area contributed by atoms with Crippen LogP contribution in [0.1, 0.15) is 53.7 Å². The van der Waals surface area contributed by atoms with Crippen molar-refractivity contribution in [2.24, 2.45) is 7.05 Å². The molecule has 6 nitrogen and oxygen atoms in total. The van der Waals surface area contributed by atoms with E-state index >= 15 is 0 Å². The molecule has 0 radical (unpaired) electrons. The Balaban J connectivity index is 1.60. The molecular weight excluding hydrogens is 340 g/mol. The molecule has 1 aromatic heterocycles. The maximum atomic E-state index is 12.4. The zero-order valence-electron chi connectivity index (χ0n) is 16.3. The molecule has 0 aliphatic heterocycles. The molecular formula is C21H28N4O2. The summed E-state index contributed by atoms with van der Waals surface area (Å²) in [7, 11) is 1.82. The number of amides is 2. The lowest BCUT2D eigenvalue weighted by Crippen LogP contribution is -2.42. The van der Waals surface area contributed by atoms with Crippen LogP contribution in [0.4, 0.5) is 0 Å². The van der Waals surface area contributed by atoms with Gasteiger partial charge in [0, 0.05) is 18.7 Å². The fourth-order valence-electron chi connectivity index (χ4n) is 3.53. The molecule has 0 saturated heterocycles. The Labute approximate surface area is 160 Å². The van der Waals surface area contributed by atoms with E-state index in [1.807, 2.05) is 13.1 Å². The number of nitrogens with one attached hydrogen (secondary N) is 2. The summed E-state index contributed by atoms with van der Waals surface area (Å²) < 4.78 is 1.70. The predicted octanol–water partition coefficient (Wildman–Crippen LogP) is 2.88. The second-order valence-corrected chi connectivity index (χ2v) is 7.42. The first kappa shape index (κ1) is 19.1. The summed E-state index contributed by atoms with van der Waals surface area (Å²) in [4.78, 5) is 24.5. The maximum absolute atomic E-state index is 12.4. The number of carbonyl (C=O) groups is 2. The molecule has 27 heavy (non-hydrogen) atoms. The molecule has 2 N–H and O–H groups in total. The van der Waals surface area contributed by atoms with Crippen LogP contribution in [-0.2, 0) is 11.8 Å². The Morgan fingerprint density at radius 2 is 1.85 bits per heavy atom. The van der Waals surface area contributed by atoms with Gasteiger partial charge >= 0.3 is 0 Å². The Bertz CT molecular complexity index is 835. The third-order valence-corrected chi connectivity index (χ3v) is 5.29. The van der Waals surface area contributed by atoms with Crippen LogP contribution in [0.25, 0.3) is 11.3 Å². The third-order valence-electron chi connectivity index (χ3n) is 5.29. The van der Waals surface area contributed by atoms with Crippen LogP contribution >= 0.6 is 0 Å². The van der Waals surface area contributed by atoms with E-state index in [0.717, 1.165) is 36.9 Å². The number of hydrogen-bond acceptors (Lipinski definition) is 3. The lowest BCUT2D eigenvalue weighted by atomic mass is 9.95. The number of hydrogen-bond donors (Lipinski definition) is 2. The highest BCUT2D eigenvalue weighted by Gasteiger charge is 2.18. The van der Waals surface area contributed by atoms with Gasteiger partial charge in [-0.1, -0.05) is 31.4 Å². The quantitative estimate of drug-likeness (QED) is 0.852. The molecule has 1 saturated carbocycles. The summed E-state index contributed by atoms with van der Waals surface area (Å²) in [5, 5.41) is 9.98. The van der Waals surface area contributed by atoms with Crippen molar-refractivity contribution in [3.05, 3.63) is 41.1 Å². The van der Waals surface area contributed by atoms with E-state index in [-0.39, 0.29) is 24.4 Å². The fourth-order valence-corrected chi connectivity index (χ4v) is 3.53. The number of benzene rings is 1. The van der Waals surface area contributed by atoms with Gasteiger partial charge in [-0.05, 0) is 49.9 Å². The summed E-state index contributed by atoms with van der Waals surface area (Å²) in [6.45, 7) is 4.11. The molecule has 2 amide bonds. The number of aromatic nitrogens is 2. The molecule has 144 valence electrons. The van der Waals surface area contributed by atoms with E-state index in [1.54, 1.807) is 10.7 Å². The van der Waals surface area contributed by atoms with Crippen LogP contribution in [0.15, 0.2) is 24.3 Å². The van der Waals surface area contributed by atoms with Gasteiger partial charge in [0.1, 0.15) is 0 Å². The van der Waals surface area contributed by atoms with Crippen molar-refractivity contribution in [2.75, 3.05) is 6.54 Å². The monoisotopic (exact) mass is 368 g/mol. The van der Waals surface area contributed by atoms with Crippen molar-refractivity contribution < 1.29 is 9.59 Å². The number of aryl methyl sites for hydroxylation is 3. The molecule has 6 heteroatoms. The summed E-state index contributed by atoms with van der Waals surface area (Å²) in [5.41, 5.74) is 4.62. The molecule has 1 aliphatic rings. The average Bonchev–Trinajstić information content (AvgIpc) is 3.05. The van der Waals surface area contributed by atoms with Crippen molar-refractivity contribution in [1.82, 2.24) is 20.4 Å². The topological polar surface area (TPSA) is 76.0 Å². The van der Waals surface area contributed by atoms with Gasteiger partial charge in [-0.2, -0.15) is 5.10 Å². The average molecular weight is 368 g/mol. The summed E-state index contributed by atoms with van der Waals surface area (Å²) >= 11 is 0. The highest BCUT2D eigenvalue weighted by atomic mass is 16.2. The third kappa shape index (κ3) is 4.76. The summed E-state index contributed by atoms with van der Waals surface area (Å²) in [6, 6.07) is 8.19. The number of rotatable bonds is 5. The van der Waals surface area contributed by atoms with E-state index in [0.29, 0.717) is 5.69 Å². The van der Waals surface area contributed by atoms with Crippen LogP contribution in [0.3, 0.4) is 0 Å². The van der Waals surface area contributed by atoms with Gasteiger partial charge < -0.3 is 10.6 Å². The van der Waals surface area contributed by atoms with E-state index in [9.17, 15) is 9.59 Å². The van der Waals surface area contributed by atoms with Gasteiger partial charge in [0.25, 0.3) is 5.91 Å². The van der Waals surface area contributed by atoms with Crippen LogP contribution in [0, 0.1) is 13.8 Å². The van der Waals surface area contributed by atoms with Crippen molar-refractivity contribution >= 4 is 11.8 Å². The molecule has 0 bridgehead atoms. The first-order valence-electron chi connectivity index (χ1n) is 9.63. The first-order valence-corrected chi connectivity index (χ1v) is 9.63. The molecule has 0 unspecified atom stereocenters. The van der Waals surface area contributed by atoms with E-state index in [1.165, 1.54) is 17.5 Å². The molecule has 3 rings (SSSR count).